The Balaban J connectivity index is 2.05. The molecule has 0 bridgehead atoms. The number of likely N-dealkylation sites (tertiary alicyclic amines) is 1. The molecule has 8 heteroatoms. The standard InChI is InChI=1S/C11H14N4O3S/c1-5(12)10-14-7(4-19-10)9(17)13-6-3-8(16)15(2)11(6)18/h4-6H,3,12H2,1-2H3,(H,13,17). The van der Waals surface area contributed by atoms with Gasteiger partial charge in [0.05, 0.1) is 12.5 Å². The number of aromatic nitrogens is 1. The van der Waals surface area contributed by atoms with E-state index >= 15 is 0 Å². The third kappa shape index (κ3) is 2.64. The molecule has 7 nitrogen and oxygen atoms in total. The largest absolute Gasteiger partial charge is 0.338 e. The number of imide groups is 1. The Morgan fingerprint density at radius 2 is 2.32 bits per heavy atom. The molecule has 0 radical (unpaired) electrons. The quantitative estimate of drug-likeness (QED) is 0.737. The van der Waals surface area contributed by atoms with Crippen LogP contribution in [0.15, 0.2) is 5.38 Å². The van der Waals surface area contributed by atoms with Crippen LogP contribution < -0.4 is 11.1 Å². The summed E-state index contributed by atoms with van der Waals surface area (Å²) in [6.45, 7) is 1.77. The molecule has 19 heavy (non-hydrogen) atoms. The van der Waals surface area contributed by atoms with Crippen molar-refractivity contribution in [3.63, 3.8) is 0 Å². The minimum Gasteiger partial charge on any atom is -0.338 e. The average Bonchev–Trinajstić information content (AvgIpc) is 2.92. The highest BCUT2D eigenvalue weighted by Gasteiger charge is 2.37. The smallest absolute Gasteiger partial charge is 0.271 e. The van der Waals surface area contributed by atoms with E-state index in [-0.39, 0.29) is 24.1 Å². The molecule has 102 valence electrons. The molecule has 2 rings (SSSR count). The van der Waals surface area contributed by atoms with Crippen molar-refractivity contribution in [1.82, 2.24) is 15.2 Å². The fraction of sp³-hybridized carbons (Fsp3) is 0.455. The topological polar surface area (TPSA) is 105 Å². The van der Waals surface area contributed by atoms with Crippen LogP contribution >= 0.6 is 11.3 Å². The van der Waals surface area contributed by atoms with Crippen LogP contribution in [0.4, 0.5) is 0 Å². The predicted molar refractivity (Wildman–Crippen MR) is 68.4 cm³/mol. The van der Waals surface area contributed by atoms with Crippen molar-refractivity contribution in [2.45, 2.75) is 25.4 Å². The second-order valence-electron chi connectivity index (χ2n) is 4.38. The summed E-state index contributed by atoms with van der Waals surface area (Å²) in [4.78, 5) is 40.0. The highest BCUT2D eigenvalue weighted by Crippen LogP contribution is 2.17. The Kier molecular flexibility index (Phi) is 3.63. The van der Waals surface area contributed by atoms with Crippen LogP contribution in [0.5, 0.6) is 0 Å². The minimum absolute atomic E-state index is 0.00857. The van der Waals surface area contributed by atoms with Crippen molar-refractivity contribution < 1.29 is 14.4 Å². The third-order valence-corrected chi connectivity index (χ3v) is 3.88. The molecule has 2 heterocycles. The summed E-state index contributed by atoms with van der Waals surface area (Å²) in [7, 11) is 1.40. The molecule has 0 aliphatic carbocycles. The lowest BCUT2D eigenvalue weighted by Crippen LogP contribution is -2.40. The van der Waals surface area contributed by atoms with Crippen molar-refractivity contribution in [2.24, 2.45) is 5.73 Å². The van der Waals surface area contributed by atoms with Crippen molar-refractivity contribution >= 4 is 29.1 Å². The van der Waals surface area contributed by atoms with E-state index < -0.39 is 17.9 Å². The Hall–Kier alpha value is -1.80. The maximum absolute atomic E-state index is 11.9. The van der Waals surface area contributed by atoms with Crippen LogP contribution in [0.1, 0.15) is 34.9 Å². The first-order chi connectivity index (χ1) is 8.90. The molecule has 3 amide bonds. The van der Waals surface area contributed by atoms with E-state index in [1.54, 1.807) is 12.3 Å². The van der Waals surface area contributed by atoms with Crippen LogP contribution in [-0.2, 0) is 9.59 Å². The second-order valence-corrected chi connectivity index (χ2v) is 5.27. The van der Waals surface area contributed by atoms with Gasteiger partial charge >= 0.3 is 0 Å². The first-order valence-corrected chi connectivity index (χ1v) is 6.60. The van der Waals surface area contributed by atoms with Gasteiger partial charge in [-0.3, -0.25) is 19.3 Å². The zero-order chi connectivity index (χ0) is 14.2. The zero-order valence-corrected chi connectivity index (χ0v) is 11.4. The SMILES string of the molecule is CC(N)c1nc(C(=O)NC2CC(=O)N(C)C2=O)cs1. The number of amides is 3. The number of hydrogen-bond acceptors (Lipinski definition) is 6. The first-order valence-electron chi connectivity index (χ1n) is 5.72. The number of nitrogens with one attached hydrogen (secondary N) is 1. The number of thiazole rings is 1. The van der Waals surface area contributed by atoms with Crippen LogP contribution in [0.25, 0.3) is 0 Å². The fourth-order valence-electron chi connectivity index (χ4n) is 1.70. The van der Waals surface area contributed by atoms with Gasteiger partial charge in [-0.15, -0.1) is 11.3 Å². The van der Waals surface area contributed by atoms with Crippen LogP contribution in [-0.4, -0.2) is 40.7 Å². The molecule has 0 aromatic carbocycles. The van der Waals surface area contributed by atoms with Crippen LogP contribution in [0, 0.1) is 0 Å². The van der Waals surface area contributed by atoms with E-state index in [1.165, 1.54) is 18.4 Å². The summed E-state index contributed by atoms with van der Waals surface area (Å²) in [5, 5.41) is 4.74. The zero-order valence-electron chi connectivity index (χ0n) is 10.5. The van der Waals surface area contributed by atoms with Gasteiger partial charge in [-0.2, -0.15) is 0 Å². The molecule has 0 saturated carbocycles. The van der Waals surface area contributed by atoms with Crippen LogP contribution in [0.2, 0.25) is 0 Å². The van der Waals surface area contributed by atoms with Crippen molar-refractivity contribution in [3.8, 4) is 0 Å². The summed E-state index contributed by atoms with van der Waals surface area (Å²) in [5.74, 6) is -1.17. The predicted octanol–water partition coefficient (Wildman–Crippen LogP) is -0.350. The molecule has 1 aliphatic heterocycles. The Labute approximate surface area is 113 Å². The summed E-state index contributed by atoms with van der Waals surface area (Å²) >= 11 is 1.29. The monoisotopic (exact) mass is 282 g/mol. The number of nitrogens with two attached hydrogens (primary N) is 1. The Morgan fingerprint density at radius 3 is 2.79 bits per heavy atom. The van der Waals surface area contributed by atoms with E-state index in [9.17, 15) is 14.4 Å². The molecule has 1 fully saturated rings. The second kappa shape index (κ2) is 5.06. The van der Waals surface area contributed by atoms with Crippen molar-refractivity contribution in [3.05, 3.63) is 16.1 Å². The molecule has 0 spiro atoms. The fourth-order valence-corrected chi connectivity index (χ4v) is 2.46. The lowest BCUT2D eigenvalue weighted by molar-refractivity contribution is -0.137. The Bertz CT molecular complexity index is 540. The molecule has 1 saturated heterocycles. The third-order valence-electron chi connectivity index (χ3n) is 2.83. The summed E-state index contributed by atoms with van der Waals surface area (Å²) < 4.78 is 0. The minimum atomic E-state index is -0.801. The highest BCUT2D eigenvalue weighted by molar-refractivity contribution is 7.09. The van der Waals surface area contributed by atoms with Gasteiger partial charge in [0.1, 0.15) is 16.7 Å². The molecular formula is C11H14N4O3S. The van der Waals surface area contributed by atoms with E-state index in [2.05, 4.69) is 10.3 Å². The normalized spacial score (nSPS) is 20.8. The lowest BCUT2D eigenvalue weighted by Gasteiger charge is -2.09. The van der Waals surface area contributed by atoms with Crippen LogP contribution in [0.3, 0.4) is 0 Å². The molecule has 3 N–H and O–H groups in total. The highest BCUT2D eigenvalue weighted by atomic mass is 32.1. The summed E-state index contributed by atoms with van der Waals surface area (Å²) in [6.07, 6.45) is -0.00857. The van der Waals surface area contributed by atoms with Gasteiger partial charge in [-0.25, -0.2) is 4.98 Å². The summed E-state index contributed by atoms with van der Waals surface area (Å²) in [6, 6.07) is -1.04. The maximum Gasteiger partial charge on any atom is 0.271 e. The molecular weight excluding hydrogens is 268 g/mol. The number of nitrogens with zero attached hydrogens (tertiary/aromatic N) is 2. The van der Waals surface area contributed by atoms with Crippen molar-refractivity contribution in [1.29, 1.82) is 0 Å². The van der Waals surface area contributed by atoms with Gasteiger partial charge in [-0.05, 0) is 6.92 Å². The Morgan fingerprint density at radius 1 is 1.63 bits per heavy atom. The number of hydrogen-bond donors (Lipinski definition) is 2. The van der Waals surface area contributed by atoms with Gasteiger partial charge in [-0.1, -0.05) is 0 Å². The number of rotatable bonds is 3. The molecule has 1 aromatic rings. The molecule has 1 aromatic heterocycles. The number of carbonyl (C=O) groups excluding carboxylic acids is 3. The number of carbonyl (C=O) groups is 3. The molecule has 2 unspecified atom stereocenters. The van der Waals surface area contributed by atoms with Gasteiger partial charge in [0.15, 0.2) is 0 Å². The van der Waals surface area contributed by atoms with Crippen molar-refractivity contribution in [2.75, 3.05) is 7.05 Å². The first kappa shape index (κ1) is 13.6. The lowest BCUT2D eigenvalue weighted by atomic mass is 10.2. The van der Waals surface area contributed by atoms with Gasteiger partial charge in [0, 0.05) is 12.4 Å². The van der Waals surface area contributed by atoms with E-state index in [4.69, 9.17) is 5.73 Å². The van der Waals surface area contributed by atoms with E-state index in [1.807, 2.05) is 0 Å². The average molecular weight is 282 g/mol. The van der Waals surface area contributed by atoms with E-state index in [0.29, 0.717) is 5.01 Å². The maximum atomic E-state index is 11.9. The van der Waals surface area contributed by atoms with E-state index in [0.717, 1.165) is 4.90 Å². The van der Waals surface area contributed by atoms with Gasteiger partial charge < -0.3 is 11.1 Å². The number of likely N-dealkylation sites (N-methyl/N-ethyl adjacent to an activating group) is 1. The van der Waals surface area contributed by atoms with Gasteiger partial charge in [0.25, 0.3) is 11.8 Å². The van der Waals surface area contributed by atoms with Gasteiger partial charge in [0.2, 0.25) is 5.91 Å². The molecule has 1 aliphatic rings. The molecule has 2 atom stereocenters. The summed E-state index contributed by atoms with van der Waals surface area (Å²) in [5.41, 5.74) is 5.87.